The summed E-state index contributed by atoms with van der Waals surface area (Å²) in [6.07, 6.45) is 0. The molecule has 3 aromatic carbocycles. The molecule has 0 spiro atoms. The van der Waals surface area contributed by atoms with E-state index in [-0.39, 0.29) is 24.9 Å². The summed E-state index contributed by atoms with van der Waals surface area (Å²) in [5.74, 6) is -0.500. The number of benzene rings is 3. The van der Waals surface area contributed by atoms with E-state index in [1.807, 2.05) is 30.3 Å². The number of amides is 1. The van der Waals surface area contributed by atoms with Crippen molar-refractivity contribution in [1.82, 2.24) is 4.90 Å². The molecule has 0 fully saturated rings. The van der Waals surface area contributed by atoms with Gasteiger partial charge in [0, 0.05) is 17.1 Å². The van der Waals surface area contributed by atoms with E-state index >= 15 is 0 Å². The van der Waals surface area contributed by atoms with Crippen LogP contribution in [0.3, 0.4) is 0 Å². The van der Waals surface area contributed by atoms with Gasteiger partial charge < -0.3 is 10.0 Å². The highest BCUT2D eigenvalue weighted by Gasteiger charge is 2.50. The maximum atomic E-state index is 13.3. The Morgan fingerprint density at radius 3 is 2.30 bits per heavy atom. The number of hydrogen-bond donors (Lipinski definition) is 1. The van der Waals surface area contributed by atoms with E-state index < -0.39 is 5.54 Å². The zero-order valence-corrected chi connectivity index (χ0v) is 15.2. The fraction of sp³-hybridized carbons (Fsp3) is 0.136. The van der Waals surface area contributed by atoms with E-state index in [2.05, 4.69) is 0 Å². The minimum Gasteiger partial charge on any atom is -0.393 e. The topological polar surface area (TPSA) is 40.5 Å². The number of hydrogen-bond acceptors (Lipinski definition) is 2. The van der Waals surface area contributed by atoms with E-state index in [1.54, 1.807) is 35.2 Å². The number of aliphatic hydroxyl groups excluding tert-OH is 1. The summed E-state index contributed by atoms with van der Waals surface area (Å²) in [5, 5.41) is 11.1. The third-order valence-electron chi connectivity index (χ3n) is 5.11. The number of nitrogens with zero attached hydrogens (tertiary/aromatic N) is 1. The van der Waals surface area contributed by atoms with Crippen LogP contribution >= 0.6 is 11.6 Å². The van der Waals surface area contributed by atoms with Crippen LogP contribution < -0.4 is 0 Å². The van der Waals surface area contributed by atoms with Gasteiger partial charge in [0.2, 0.25) is 0 Å². The van der Waals surface area contributed by atoms with Gasteiger partial charge in [-0.15, -0.1) is 0 Å². The Bertz CT molecular complexity index is 988. The van der Waals surface area contributed by atoms with Crippen LogP contribution in [-0.4, -0.2) is 22.5 Å². The van der Waals surface area contributed by atoms with Crippen LogP contribution in [0.4, 0.5) is 4.39 Å². The molecular weight excluding hydrogens is 365 g/mol. The molecule has 0 bridgehead atoms. The number of carbonyl (C=O) groups is 1. The second-order valence-corrected chi connectivity index (χ2v) is 7.03. The number of carbonyl (C=O) groups excluding carboxylic acids is 1. The summed E-state index contributed by atoms with van der Waals surface area (Å²) in [4.78, 5) is 14.8. The Morgan fingerprint density at radius 2 is 1.63 bits per heavy atom. The first kappa shape index (κ1) is 17.7. The van der Waals surface area contributed by atoms with E-state index in [9.17, 15) is 14.3 Å². The minimum absolute atomic E-state index is 0.168. The van der Waals surface area contributed by atoms with Gasteiger partial charge in [-0.3, -0.25) is 4.79 Å². The Balaban J connectivity index is 1.88. The molecule has 27 heavy (non-hydrogen) atoms. The van der Waals surface area contributed by atoms with Gasteiger partial charge in [-0.1, -0.05) is 54.1 Å². The molecule has 1 aliphatic heterocycles. The largest absolute Gasteiger partial charge is 0.393 e. The molecule has 0 aliphatic carbocycles. The molecule has 1 amide bonds. The lowest BCUT2D eigenvalue weighted by molar-refractivity contribution is 0.0435. The van der Waals surface area contributed by atoms with E-state index in [0.29, 0.717) is 10.6 Å². The summed E-state index contributed by atoms with van der Waals surface area (Å²) in [5.41, 5.74) is 1.84. The van der Waals surface area contributed by atoms with Crippen LogP contribution in [0.15, 0.2) is 72.8 Å². The fourth-order valence-electron chi connectivity index (χ4n) is 3.77. The number of halogens is 2. The second-order valence-electron chi connectivity index (χ2n) is 6.59. The summed E-state index contributed by atoms with van der Waals surface area (Å²) in [6.45, 7) is -0.0322. The molecule has 1 atom stereocenters. The molecule has 0 radical (unpaired) electrons. The lowest BCUT2D eigenvalue weighted by atomic mass is 9.83. The molecule has 1 unspecified atom stereocenters. The van der Waals surface area contributed by atoms with Crippen molar-refractivity contribution in [3.63, 3.8) is 0 Å². The highest BCUT2D eigenvalue weighted by Crippen LogP contribution is 2.45. The van der Waals surface area contributed by atoms with Crippen molar-refractivity contribution in [2.45, 2.75) is 12.1 Å². The lowest BCUT2D eigenvalue weighted by Crippen LogP contribution is -2.47. The molecule has 0 aromatic heterocycles. The first-order chi connectivity index (χ1) is 13.1. The maximum Gasteiger partial charge on any atom is 0.255 e. The van der Waals surface area contributed by atoms with Crippen LogP contribution in [-0.2, 0) is 12.1 Å². The molecule has 3 aromatic rings. The van der Waals surface area contributed by atoms with Crippen LogP contribution in [0.2, 0.25) is 5.02 Å². The third-order valence-corrected chi connectivity index (χ3v) is 5.37. The Morgan fingerprint density at radius 1 is 0.963 bits per heavy atom. The minimum atomic E-state index is -1.02. The van der Waals surface area contributed by atoms with Gasteiger partial charge in [0.15, 0.2) is 0 Å². The molecule has 1 heterocycles. The van der Waals surface area contributed by atoms with Gasteiger partial charge in [0.1, 0.15) is 11.4 Å². The predicted octanol–water partition coefficient (Wildman–Crippen LogP) is 4.37. The normalized spacial score (nSPS) is 18.6. The molecular formula is C22H17ClFNO2. The number of fused-ring (bicyclic) bond motifs is 1. The smallest absolute Gasteiger partial charge is 0.255 e. The molecule has 0 saturated carbocycles. The number of aliphatic hydroxyl groups is 1. The van der Waals surface area contributed by atoms with Gasteiger partial charge in [-0.25, -0.2) is 4.39 Å². The summed E-state index contributed by atoms with van der Waals surface area (Å²) < 4.78 is 13.3. The summed E-state index contributed by atoms with van der Waals surface area (Å²) in [6, 6.07) is 20.5. The molecule has 4 rings (SSSR count). The van der Waals surface area contributed by atoms with Crippen LogP contribution in [0.25, 0.3) is 0 Å². The molecule has 1 aliphatic rings. The van der Waals surface area contributed by atoms with Gasteiger partial charge in [-0.05, 0) is 47.0 Å². The van der Waals surface area contributed by atoms with E-state index in [1.165, 1.54) is 12.1 Å². The summed E-state index contributed by atoms with van der Waals surface area (Å²) >= 11 is 6.04. The predicted molar refractivity (Wildman–Crippen MR) is 102 cm³/mol. The molecule has 0 saturated heterocycles. The maximum absolute atomic E-state index is 13.3. The lowest BCUT2D eigenvalue weighted by Gasteiger charge is -2.38. The molecule has 136 valence electrons. The van der Waals surface area contributed by atoms with Gasteiger partial charge in [0.25, 0.3) is 5.91 Å². The van der Waals surface area contributed by atoms with E-state index in [4.69, 9.17) is 11.6 Å². The first-order valence-corrected chi connectivity index (χ1v) is 8.97. The quantitative estimate of drug-likeness (QED) is 0.729. The van der Waals surface area contributed by atoms with Crippen molar-refractivity contribution in [3.8, 4) is 0 Å². The monoisotopic (exact) mass is 381 g/mol. The Kier molecular flexibility index (Phi) is 4.46. The van der Waals surface area contributed by atoms with Gasteiger partial charge >= 0.3 is 0 Å². The molecule has 1 N–H and O–H groups in total. The van der Waals surface area contributed by atoms with Crippen molar-refractivity contribution in [2.24, 2.45) is 0 Å². The Labute approximate surface area is 161 Å². The average molecular weight is 382 g/mol. The van der Waals surface area contributed by atoms with Gasteiger partial charge in [-0.2, -0.15) is 0 Å². The second kappa shape index (κ2) is 6.80. The Hall–Kier alpha value is -2.69. The first-order valence-electron chi connectivity index (χ1n) is 8.59. The van der Waals surface area contributed by atoms with Crippen molar-refractivity contribution in [2.75, 3.05) is 6.61 Å². The van der Waals surface area contributed by atoms with Crippen molar-refractivity contribution < 1.29 is 14.3 Å². The van der Waals surface area contributed by atoms with Crippen LogP contribution in [0.1, 0.15) is 27.0 Å². The highest BCUT2D eigenvalue weighted by molar-refractivity contribution is 6.30. The summed E-state index contributed by atoms with van der Waals surface area (Å²) in [7, 11) is 0. The highest BCUT2D eigenvalue weighted by atomic mass is 35.5. The van der Waals surface area contributed by atoms with Crippen LogP contribution in [0.5, 0.6) is 0 Å². The number of rotatable bonds is 4. The average Bonchev–Trinajstić information content (AvgIpc) is 2.93. The van der Waals surface area contributed by atoms with Crippen LogP contribution in [0, 0.1) is 5.82 Å². The van der Waals surface area contributed by atoms with Crippen molar-refractivity contribution in [1.29, 1.82) is 0 Å². The molecule has 3 nitrogen and oxygen atoms in total. The van der Waals surface area contributed by atoms with Crippen molar-refractivity contribution in [3.05, 3.63) is 106 Å². The van der Waals surface area contributed by atoms with E-state index in [0.717, 1.165) is 16.7 Å². The third kappa shape index (κ3) is 2.82. The van der Waals surface area contributed by atoms with Crippen molar-refractivity contribution >= 4 is 17.5 Å². The SMILES string of the molecule is O=C1c2ccccc2C(CO)(c2ccc(Cl)cc2)N1Cc1ccc(F)cc1. The zero-order valence-electron chi connectivity index (χ0n) is 14.4. The van der Waals surface area contributed by atoms with Gasteiger partial charge in [0.05, 0.1) is 6.61 Å². The fourth-order valence-corrected chi connectivity index (χ4v) is 3.90. The molecule has 5 heteroatoms. The standard InChI is InChI=1S/C22H17ClFNO2/c23-17-9-7-16(8-10-17)22(14-26)20-4-2-1-3-19(20)21(27)25(22)13-15-5-11-18(24)12-6-15/h1-12,26H,13-14H2. The zero-order chi connectivity index (χ0) is 19.0.